The summed E-state index contributed by atoms with van der Waals surface area (Å²) in [7, 11) is 0. The Kier molecular flexibility index (Phi) is 1.04. The summed E-state index contributed by atoms with van der Waals surface area (Å²) < 4.78 is 2.26. The van der Waals surface area contributed by atoms with Crippen molar-refractivity contribution in [3.63, 3.8) is 0 Å². The number of rotatable bonds is 1. The molecule has 2 atom stereocenters. The lowest BCUT2D eigenvalue weighted by Gasteiger charge is -2.00. The molecule has 1 aromatic heterocycles. The molecule has 1 aliphatic carbocycles. The van der Waals surface area contributed by atoms with Crippen molar-refractivity contribution in [3.8, 4) is 0 Å². The van der Waals surface area contributed by atoms with Gasteiger partial charge in [-0.3, -0.25) is 0 Å². The molecule has 0 saturated heterocycles. The highest BCUT2D eigenvalue weighted by atomic mass is 79.9. The van der Waals surface area contributed by atoms with Crippen molar-refractivity contribution in [1.82, 2.24) is 14.8 Å². The molecule has 0 N–H and O–H groups in total. The van der Waals surface area contributed by atoms with Crippen LogP contribution in [0, 0.1) is 5.92 Å². The van der Waals surface area contributed by atoms with E-state index in [0.717, 1.165) is 29.5 Å². The summed E-state index contributed by atoms with van der Waals surface area (Å²) in [6.07, 6.45) is 1.35. The van der Waals surface area contributed by atoms with Crippen molar-refractivity contribution in [2.75, 3.05) is 0 Å². The van der Waals surface area contributed by atoms with E-state index in [4.69, 9.17) is 0 Å². The Morgan fingerprint density at radius 3 is 3.27 bits per heavy atom. The van der Waals surface area contributed by atoms with Crippen LogP contribution in [0.15, 0.2) is 0 Å². The van der Waals surface area contributed by atoms with Crippen LogP contribution in [0.4, 0.5) is 0 Å². The Hall–Kier alpha value is -0.380. The van der Waals surface area contributed by atoms with E-state index in [-0.39, 0.29) is 0 Å². The number of fused-ring (bicyclic) bond motifs is 3. The van der Waals surface area contributed by atoms with Gasteiger partial charge in [0.2, 0.25) is 0 Å². The van der Waals surface area contributed by atoms with Gasteiger partial charge in [0.15, 0.2) is 0 Å². The van der Waals surface area contributed by atoms with Crippen LogP contribution in [0.2, 0.25) is 0 Å². The summed E-state index contributed by atoms with van der Waals surface area (Å²) in [5.74, 6) is 3.98. The zero-order valence-electron chi connectivity index (χ0n) is 6.00. The van der Waals surface area contributed by atoms with E-state index >= 15 is 0 Å². The number of halogens is 1. The third-order valence-electron chi connectivity index (χ3n) is 2.65. The van der Waals surface area contributed by atoms with Crippen LogP contribution in [0.3, 0.4) is 0 Å². The van der Waals surface area contributed by atoms with Crippen molar-refractivity contribution < 1.29 is 0 Å². The zero-order valence-corrected chi connectivity index (χ0v) is 7.58. The molecule has 0 bridgehead atoms. The SMILES string of the molecule is BrCc1nnc2n1C[C@@H]1C[C@H]21. The zero-order chi connectivity index (χ0) is 7.42. The Morgan fingerprint density at radius 1 is 1.55 bits per heavy atom. The maximum Gasteiger partial charge on any atom is 0.143 e. The fourth-order valence-electron chi connectivity index (χ4n) is 1.92. The van der Waals surface area contributed by atoms with Crippen LogP contribution in [0.1, 0.15) is 24.0 Å². The molecule has 3 rings (SSSR count). The second-order valence-corrected chi connectivity index (χ2v) is 3.88. The van der Waals surface area contributed by atoms with Crippen molar-refractivity contribution in [3.05, 3.63) is 11.6 Å². The Labute approximate surface area is 72.9 Å². The largest absolute Gasteiger partial charge is 0.314 e. The normalized spacial score (nSPS) is 31.7. The molecule has 1 saturated carbocycles. The lowest BCUT2D eigenvalue weighted by atomic mass is 10.4. The Bertz CT molecular complexity index is 307. The van der Waals surface area contributed by atoms with Crippen molar-refractivity contribution in [2.24, 2.45) is 5.92 Å². The topological polar surface area (TPSA) is 30.7 Å². The molecular formula is C7H8BrN3. The summed E-state index contributed by atoms with van der Waals surface area (Å²) in [5.41, 5.74) is 0. The van der Waals surface area contributed by atoms with Gasteiger partial charge in [0, 0.05) is 12.5 Å². The second-order valence-electron chi connectivity index (χ2n) is 3.32. The third-order valence-corrected chi connectivity index (χ3v) is 3.15. The molecule has 0 unspecified atom stereocenters. The average Bonchev–Trinajstić information content (AvgIpc) is 2.55. The highest BCUT2D eigenvalue weighted by Gasteiger charge is 2.48. The lowest BCUT2D eigenvalue weighted by Crippen LogP contribution is -2.01. The summed E-state index contributed by atoms with van der Waals surface area (Å²) in [4.78, 5) is 0. The van der Waals surface area contributed by atoms with E-state index in [0.29, 0.717) is 0 Å². The molecule has 0 amide bonds. The van der Waals surface area contributed by atoms with Gasteiger partial charge in [0.25, 0.3) is 0 Å². The standard InChI is InChI=1S/C7H8BrN3/c8-2-6-9-10-7-5-1-4(5)3-11(6)7/h4-5H,1-3H2/t4-,5-/m0/s1. The van der Waals surface area contributed by atoms with Crippen LogP contribution in [0.25, 0.3) is 0 Å². The smallest absolute Gasteiger partial charge is 0.143 e. The predicted molar refractivity (Wildman–Crippen MR) is 43.5 cm³/mol. The molecular weight excluding hydrogens is 206 g/mol. The van der Waals surface area contributed by atoms with E-state index < -0.39 is 0 Å². The maximum absolute atomic E-state index is 4.17. The van der Waals surface area contributed by atoms with E-state index in [9.17, 15) is 0 Å². The van der Waals surface area contributed by atoms with Gasteiger partial charge in [-0.05, 0) is 12.3 Å². The van der Waals surface area contributed by atoms with E-state index in [2.05, 4.69) is 30.7 Å². The molecule has 11 heavy (non-hydrogen) atoms. The molecule has 1 aromatic rings. The van der Waals surface area contributed by atoms with Gasteiger partial charge >= 0.3 is 0 Å². The van der Waals surface area contributed by atoms with Crippen LogP contribution in [-0.4, -0.2) is 14.8 Å². The fourth-order valence-corrected chi connectivity index (χ4v) is 2.34. The number of hydrogen-bond acceptors (Lipinski definition) is 2. The second kappa shape index (κ2) is 1.86. The van der Waals surface area contributed by atoms with Gasteiger partial charge in [-0.2, -0.15) is 0 Å². The highest BCUT2D eigenvalue weighted by molar-refractivity contribution is 9.08. The summed E-state index contributed by atoms with van der Waals surface area (Å²) in [6.45, 7) is 1.16. The molecule has 0 aromatic carbocycles. The van der Waals surface area contributed by atoms with Crippen LogP contribution < -0.4 is 0 Å². The molecule has 2 heterocycles. The minimum absolute atomic E-state index is 0.760. The average molecular weight is 214 g/mol. The quantitative estimate of drug-likeness (QED) is 0.659. The summed E-state index contributed by atoms with van der Waals surface area (Å²) in [5, 5.41) is 9.11. The van der Waals surface area contributed by atoms with Gasteiger partial charge in [-0.15, -0.1) is 10.2 Å². The number of aromatic nitrogens is 3. The minimum atomic E-state index is 0.760. The highest BCUT2D eigenvalue weighted by Crippen LogP contribution is 2.52. The van der Waals surface area contributed by atoms with Crippen molar-refractivity contribution in [1.29, 1.82) is 0 Å². The van der Waals surface area contributed by atoms with Gasteiger partial charge in [0.1, 0.15) is 11.6 Å². The molecule has 1 aliphatic heterocycles. The van der Waals surface area contributed by atoms with E-state index in [1.807, 2.05) is 0 Å². The first-order valence-electron chi connectivity index (χ1n) is 3.88. The third kappa shape index (κ3) is 0.682. The molecule has 1 fully saturated rings. The van der Waals surface area contributed by atoms with Crippen molar-refractivity contribution in [2.45, 2.75) is 24.2 Å². The van der Waals surface area contributed by atoms with E-state index in [1.54, 1.807) is 0 Å². The first-order valence-corrected chi connectivity index (χ1v) is 5.00. The number of hydrogen-bond donors (Lipinski definition) is 0. The molecule has 2 aliphatic rings. The molecule has 4 heteroatoms. The minimum Gasteiger partial charge on any atom is -0.314 e. The van der Waals surface area contributed by atoms with Crippen LogP contribution in [0.5, 0.6) is 0 Å². The molecule has 0 spiro atoms. The van der Waals surface area contributed by atoms with Gasteiger partial charge in [0.05, 0.1) is 5.33 Å². The predicted octanol–water partition coefficient (Wildman–Crippen LogP) is 1.29. The summed E-state index contributed by atoms with van der Waals surface area (Å²) >= 11 is 3.40. The number of nitrogens with zero attached hydrogens (tertiary/aromatic N) is 3. The first-order chi connectivity index (χ1) is 5.40. The first kappa shape index (κ1) is 6.17. The maximum atomic E-state index is 4.17. The number of alkyl halides is 1. The van der Waals surface area contributed by atoms with Crippen LogP contribution in [-0.2, 0) is 11.9 Å². The molecule has 3 nitrogen and oxygen atoms in total. The monoisotopic (exact) mass is 213 g/mol. The summed E-state index contributed by atoms with van der Waals surface area (Å²) in [6, 6.07) is 0. The Morgan fingerprint density at radius 2 is 2.45 bits per heavy atom. The lowest BCUT2D eigenvalue weighted by molar-refractivity contribution is 0.646. The van der Waals surface area contributed by atoms with E-state index in [1.165, 1.54) is 12.2 Å². The Balaban J connectivity index is 2.12. The van der Waals surface area contributed by atoms with Gasteiger partial charge in [-0.25, -0.2) is 0 Å². The molecule has 0 radical (unpaired) electrons. The van der Waals surface area contributed by atoms with Gasteiger partial charge < -0.3 is 4.57 Å². The fraction of sp³-hybridized carbons (Fsp3) is 0.714. The van der Waals surface area contributed by atoms with Gasteiger partial charge in [-0.1, -0.05) is 15.9 Å². The van der Waals surface area contributed by atoms with Crippen LogP contribution >= 0.6 is 15.9 Å². The molecule has 58 valence electrons. The van der Waals surface area contributed by atoms with Crippen molar-refractivity contribution >= 4 is 15.9 Å².